The topological polar surface area (TPSA) is 117 Å². The van der Waals surface area contributed by atoms with Crippen LogP contribution in [-0.2, 0) is 25.5 Å². The number of aromatic nitrogens is 2. The Morgan fingerprint density at radius 3 is 2.48 bits per heavy atom. The van der Waals surface area contributed by atoms with Crippen LogP contribution in [0, 0.1) is 11.7 Å². The van der Waals surface area contributed by atoms with Crippen LogP contribution in [0.25, 0.3) is 0 Å². The van der Waals surface area contributed by atoms with Crippen LogP contribution in [0.2, 0.25) is 0 Å². The van der Waals surface area contributed by atoms with Gasteiger partial charge in [-0.1, -0.05) is 46.1 Å². The zero-order chi connectivity index (χ0) is 34.2. The van der Waals surface area contributed by atoms with Gasteiger partial charge in [-0.2, -0.15) is 4.98 Å². The summed E-state index contributed by atoms with van der Waals surface area (Å²) < 4.78 is 20.9. The molecule has 5 rings (SSSR count). The lowest BCUT2D eigenvalue weighted by Gasteiger charge is -2.43. The summed E-state index contributed by atoms with van der Waals surface area (Å²) in [5.41, 5.74) is 1.84. The Morgan fingerprint density at radius 2 is 1.79 bits per heavy atom. The van der Waals surface area contributed by atoms with Gasteiger partial charge in [0.15, 0.2) is 5.82 Å². The van der Waals surface area contributed by atoms with Gasteiger partial charge in [-0.25, -0.2) is 14.2 Å². The number of carbonyl (C=O) groups excluding carboxylic acids is 3. The molecule has 48 heavy (non-hydrogen) atoms. The molecule has 3 aliphatic rings. The van der Waals surface area contributed by atoms with E-state index >= 15 is 4.39 Å². The first-order chi connectivity index (χ1) is 23.1. The molecule has 2 N–H and O–H groups in total. The van der Waals surface area contributed by atoms with Crippen molar-refractivity contribution in [3.8, 4) is 0 Å². The van der Waals surface area contributed by atoms with E-state index in [2.05, 4.69) is 20.5 Å². The number of rotatable bonds is 15. The van der Waals surface area contributed by atoms with E-state index in [9.17, 15) is 14.4 Å². The molecule has 2 fully saturated rings. The number of carbonyl (C=O) groups is 3. The number of benzene rings is 1. The number of nitrogens with zero attached hydrogens (tertiary/aromatic N) is 4. The summed E-state index contributed by atoms with van der Waals surface area (Å²) in [6, 6.07) is 4.51. The van der Waals surface area contributed by atoms with Crippen molar-refractivity contribution < 1.29 is 23.5 Å². The number of unbranched alkanes of at least 4 members (excludes halogenated alkanes) is 2. The summed E-state index contributed by atoms with van der Waals surface area (Å²) >= 11 is 0. The Labute approximate surface area is 284 Å². The molecule has 0 unspecified atom stereocenters. The Hall–Kier alpha value is -3.76. The summed E-state index contributed by atoms with van der Waals surface area (Å²) in [5.74, 6) is 0.485. The van der Waals surface area contributed by atoms with Gasteiger partial charge in [0, 0.05) is 19.5 Å². The number of hydrogen-bond donors (Lipinski definition) is 2. The molecular formula is C37H53FN6O4. The van der Waals surface area contributed by atoms with Crippen LogP contribution in [-0.4, -0.2) is 59.0 Å². The zero-order valence-corrected chi connectivity index (χ0v) is 29.1. The van der Waals surface area contributed by atoms with E-state index in [0.717, 1.165) is 75.6 Å². The number of amides is 2. The van der Waals surface area contributed by atoms with Gasteiger partial charge in [-0.3, -0.25) is 9.59 Å². The van der Waals surface area contributed by atoms with Crippen molar-refractivity contribution >= 4 is 40.9 Å². The Bertz CT molecular complexity index is 1420. The molecule has 2 aromatic rings. The number of aryl methyl sites for hydroxylation is 1. The number of anilines is 4. The van der Waals surface area contributed by atoms with E-state index in [4.69, 9.17) is 9.72 Å². The summed E-state index contributed by atoms with van der Waals surface area (Å²) in [4.78, 5) is 51.6. The fourth-order valence-corrected chi connectivity index (χ4v) is 7.38. The lowest BCUT2D eigenvalue weighted by atomic mass is 10.0. The average Bonchev–Trinajstić information content (AvgIpc) is 3.78. The molecule has 262 valence electrons. The van der Waals surface area contributed by atoms with Gasteiger partial charge in [0.1, 0.15) is 29.7 Å². The first-order valence-corrected chi connectivity index (χ1v) is 18.1. The molecule has 1 aliphatic heterocycles. The van der Waals surface area contributed by atoms with E-state index < -0.39 is 6.04 Å². The van der Waals surface area contributed by atoms with E-state index in [1.807, 2.05) is 26.8 Å². The minimum absolute atomic E-state index is 0.0214. The van der Waals surface area contributed by atoms with Gasteiger partial charge in [0.2, 0.25) is 17.8 Å². The third-order valence-corrected chi connectivity index (χ3v) is 9.97. The molecule has 2 atom stereocenters. The highest BCUT2D eigenvalue weighted by molar-refractivity contribution is 6.04. The number of halogens is 1. The molecule has 2 saturated carbocycles. The monoisotopic (exact) mass is 664 g/mol. The minimum Gasteiger partial charge on any atom is -0.461 e. The molecule has 0 saturated heterocycles. The molecule has 2 heterocycles. The fourth-order valence-electron chi connectivity index (χ4n) is 7.38. The molecular weight excluding hydrogens is 611 g/mol. The zero-order valence-electron chi connectivity index (χ0n) is 29.1. The normalized spacial score (nSPS) is 19.1. The van der Waals surface area contributed by atoms with Crippen molar-refractivity contribution in [2.24, 2.45) is 5.92 Å². The van der Waals surface area contributed by atoms with Crippen LogP contribution >= 0.6 is 0 Å². The third-order valence-electron chi connectivity index (χ3n) is 9.97. The van der Waals surface area contributed by atoms with Crippen LogP contribution in [0.3, 0.4) is 0 Å². The predicted molar refractivity (Wildman–Crippen MR) is 186 cm³/mol. The van der Waals surface area contributed by atoms with Crippen molar-refractivity contribution in [3.05, 3.63) is 35.8 Å². The molecule has 0 radical (unpaired) electrons. The standard InChI is InChI=1S/C37H53FN6O4/c1-5-31-35(46)43(4)32-23-39-37(42-34(32)44(31)26-14-9-10-15-26)41-29-20-19-25(22-28(29)38)13-7-6-8-18-33(45)40-30(21-24(2)3)36(47)48-27-16-11-12-17-27/h19-20,22-24,26-27,30-31H,5-18,21H2,1-4H3,(H,40,45)(H,39,41,42)/t30-,31+/m1/s1. The van der Waals surface area contributed by atoms with E-state index in [-0.39, 0.29) is 53.4 Å². The molecule has 0 spiro atoms. The third kappa shape index (κ3) is 8.82. The first-order valence-electron chi connectivity index (χ1n) is 18.1. The minimum atomic E-state index is -0.607. The highest BCUT2D eigenvalue weighted by atomic mass is 19.1. The SMILES string of the molecule is CC[C@H]1C(=O)N(C)c2cnc(Nc3ccc(CCCCCC(=O)N[C@H](CC(C)C)C(=O)OC4CCCC4)cc3F)nc2N1C1CCCC1. The van der Waals surface area contributed by atoms with Crippen molar-refractivity contribution in [2.45, 2.75) is 141 Å². The molecule has 2 aliphatic carbocycles. The number of hydrogen-bond acceptors (Lipinski definition) is 8. The molecule has 10 nitrogen and oxygen atoms in total. The average molecular weight is 665 g/mol. The van der Waals surface area contributed by atoms with Gasteiger partial charge in [0.05, 0.1) is 11.9 Å². The van der Waals surface area contributed by atoms with Gasteiger partial charge >= 0.3 is 5.97 Å². The Balaban J connectivity index is 1.11. The van der Waals surface area contributed by atoms with Crippen LogP contribution in [0.1, 0.15) is 116 Å². The highest BCUT2D eigenvalue weighted by Crippen LogP contribution is 2.40. The van der Waals surface area contributed by atoms with Gasteiger partial charge in [0.25, 0.3) is 0 Å². The summed E-state index contributed by atoms with van der Waals surface area (Å²) in [5, 5.41) is 5.97. The van der Waals surface area contributed by atoms with Gasteiger partial charge in [-0.05, 0) is 94.2 Å². The second kappa shape index (κ2) is 16.6. The van der Waals surface area contributed by atoms with E-state index in [1.165, 1.54) is 6.07 Å². The predicted octanol–water partition coefficient (Wildman–Crippen LogP) is 6.98. The van der Waals surface area contributed by atoms with Crippen LogP contribution in [0.5, 0.6) is 0 Å². The lowest BCUT2D eigenvalue weighted by molar-refractivity contribution is -0.153. The van der Waals surface area contributed by atoms with Crippen LogP contribution in [0.4, 0.5) is 27.5 Å². The van der Waals surface area contributed by atoms with Crippen molar-refractivity contribution in [1.29, 1.82) is 0 Å². The summed E-state index contributed by atoms with van der Waals surface area (Å²) in [6.07, 6.45) is 14.5. The van der Waals surface area contributed by atoms with Crippen LogP contribution < -0.4 is 20.4 Å². The summed E-state index contributed by atoms with van der Waals surface area (Å²) in [6.45, 7) is 6.09. The Morgan fingerprint density at radius 1 is 1.06 bits per heavy atom. The maximum absolute atomic E-state index is 15.2. The van der Waals surface area contributed by atoms with E-state index in [0.29, 0.717) is 43.7 Å². The second-order valence-corrected chi connectivity index (χ2v) is 14.2. The van der Waals surface area contributed by atoms with Crippen LogP contribution in [0.15, 0.2) is 24.4 Å². The lowest BCUT2D eigenvalue weighted by Crippen LogP contribution is -2.55. The Kier molecular flexibility index (Phi) is 12.3. The van der Waals surface area contributed by atoms with Crippen molar-refractivity contribution in [2.75, 3.05) is 22.2 Å². The van der Waals surface area contributed by atoms with Gasteiger partial charge in [-0.15, -0.1) is 0 Å². The highest BCUT2D eigenvalue weighted by Gasteiger charge is 2.41. The number of likely N-dealkylation sites (N-methyl/N-ethyl adjacent to an activating group) is 1. The molecule has 2 amide bonds. The maximum atomic E-state index is 15.2. The fraction of sp³-hybridized carbons (Fsp3) is 0.649. The smallest absolute Gasteiger partial charge is 0.328 e. The quantitative estimate of drug-likeness (QED) is 0.155. The number of ether oxygens (including phenoxy) is 1. The number of fused-ring (bicyclic) bond motifs is 1. The van der Waals surface area contributed by atoms with Crippen molar-refractivity contribution in [1.82, 2.24) is 15.3 Å². The molecule has 1 aromatic carbocycles. The second-order valence-electron chi connectivity index (χ2n) is 14.2. The summed E-state index contributed by atoms with van der Waals surface area (Å²) in [7, 11) is 1.76. The largest absolute Gasteiger partial charge is 0.461 e. The molecule has 1 aromatic heterocycles. The van der Waals surface area contributed by atoms with Crippen molar-refractivity contribution in [3.63, 3.8) is 0 Å². The number of nitrogens with one attached hydrogen (secondary N) is 2. The first kappa shape index (κ1) is 35.5. The van der Waals surface area contributed by atoms with Gasteiger partial charge < -0.3 is 25.2 Å². The number of esters is 1. The molecule has 11 heteroatoms. The van der Waals surface area contributed by atoms with E-state index in [1.54, 1.807) is 24.2 Å². The molecule has 0 bridgehead atoms. The maximum Gasteiger partial charge on any atom is 0.328 e.